The van der Waals surface area contributed by atoms with Gasteiger partial charge in [0.2, 0.25) is 0 Å². The maximum Gasteiger partial charge on any atom is 0.163 e. The van der Waals surface area contributed by atoms with Crippen LogP contribution < -0.4 is 0 Å². The van der Waals surface area contributed by atoms with Gasteiger partial charge in [-0.05, 0) is 12.3 Å². The van der Waals surface area contributed by atoms with Gasteiger partial charge in [0.25, 0.3) is 0 Å². The fourth-order valence-electron chi connectivity index (χ4n) is 2.08. The van der Waals surface area contributed by atoms with Gasteiger partial charge in [-0.15, -0.1) is 0 Å². The molecular weight excluding hydrogens is 300 g/mol. The molecule has 0 aromatic heterocycles. The van der Waals surface area contributed by atoms with Crippen molar-refractivity contribution in [3.05, 3.63) is 0 Å². The van der Waals surface area contributed by atoms with E-state index in [2.05, 4.69) is 0 Å². The Morgan fingerprint density at radius 3 is 1.89 bits per heavy atom. The van der Waals surface area contributed by atoms with Crippen molar-refractivity contribution in [1.82, 2.24) is 0 Å². The van der Waals surface area contributed by atoms with E-state index in [1.807, 2.05) is 13.8 Å². The monoisotopic (exact) mass is 314 g/mol. The van der Waals surface area contributed by atoms with Gasteiger partial charge < -0.3 is 9.59 Å². The summed E-state index contributed by atoms with van der Waals surface area (Å²) in [6.07, 6.45) is 1.58. The first kappa shape index (κ1) is 16.3. The minimum absolute atomic E-state index is 0.244. The Labute approximate surface area is 128 Å². The Bertz CT molecular complexity index is 438. The highest BCUT2D eigenvalue weighted by Gasteiger charge is 2.45. The van der Waals surface area contributed by atoms with E-state index in [-0.39, 0.29) is 9.73 Å². The smallest absolute Gasteiger partial charge is 0.163 e. The van der Waals surface area contributed by atoms with E-state index in [0.29, 0.717) is 29.8 Å². The molecule has 1 saturated carbocycles. The minimum atomic E-state index is -1.05. The first-order valence-electron chi connectivity index (χ1n) is 5.89. The number of aldehydes is 2. The second-order valence-corrected chi connectivity index (χ2v) is 6.40. The van der Waals surface area contributed by atoms with E-state index in [4.69, 9.17) is 36.7 Å². The summed E-state index contributed by atoms with van der Waals surface area (Å²) in [4.78, 5) is 35.1. The van der Waals surface area contributed by atoms with Crippen LogP contribution in [0.3, 0.4) is 0 Å². The molecule has 0 saturated heterocycles. The number of thiocarbonyl (C=S) groups is 3. The van der Waals surface area contributed by atoms with Gasteiger partial charge in [0.05, 0.1) is 5.92 Å². The lowest BCUT2D eigenvalue weighted by molar-refractivity contribution is -0.128. The summed E-state index contributed by atoms with van der Waals surface area (Å²) in [5.74, 6) is -2.85. The van der Waals surface area contributed by atoms with Crippen molar-refractivity contribution in [2.24, 2.45) is 23.7 Å². The number of hydrogen-bond donors (Lipinski definition) is 0. The SMILES string of the molecule is CC(C)CC(=S)C1C(=S)C(C=O)C(=O)C(C=O)C1=S. The zero-order chi connectivity index (χ0) is 14.7. The molecule has 1 aliphatic rings. The summed E-state index contributed by atoms with van der Waals surface area (Å²) in [7, 11) is 0. The van der Waals surface area contributed by atoms with Crippen LogP contribution in [0, 0.1) is 23.7 Å². The Hall–Kier alpha value is -0.720. The second-order valence-electron chi connectivity index (χ2n) is 4.93. The van der Waals surface area contributed by atoms with Crippen LogP contribution in [-0.4, -0.2) is 32.9 Å². The van der Waals surface area contributed by atoms with Crippen LogP contribution in [0.5, 0.6) is 0 Å². The van der Waals surface area contributed by atoms with Gasteiger partial charge in [-0.25, -0.2) is 0 Å². The molecule has 19 heavy (non-hydrogen) atoms. The number of rotatable bonds is 5. The Balaban J connectivity index is 3.15. The van der Waals surface area contributed by atoms with Crippen molar-refractivity contribution >= 4 is 69.6 Å². The van der Waals surface area contributed by atoms with E-state index in [1.54, 1.807) is 0 Å². The quantitative estimate of drug-likeness (QED) is 0.439. The summed E-state index contributed by atoms with van der Waals surface area (Å²) in [5.41, 5.74) is 0. The molecule has 0 heterocycles. The third-order valence-corrected chi connectivity index (χ3v) is 4.38. The lowest BCUT2D eigenvalue weighted by Crippen LogP contribution is -2.50. The predicted molar refractivity (Wildman–Crippen MR) is 84.9 cm³/mol. The van der Waals surface area contributed by atoms with Crippen molar-refractivity contribution in [2.45, 2.75) is 20.3 Å². The highest BCUT2D eigenvalue weighted by Crippen LogP contribution is 2.28. The molecule has 6 heteroatoms. The van der Waals surface area contributed by atoms with E-state index in [9.17, 15) is 14.4 Å². The molecule has 0 N–H and O–H groups in total. The summed E-state index contributed by atoms with van der Waals surface area (Å²) in [6.45, 7) is 4.00. The predicted octanol–water partition coefficient (Wildman–Crippen LogP) is 1.97. The number of hydrogen-bond acceptors (Lipinski definition) is 6. The molecule has 0 radical (unpaired) electrons. The normalized spacial score (nSPS) is 27.5. The zero-order valence-electron chi connectivity index (χ0n) is 10.6. The van der Waals surface area contributed by atoms with Crippen LogP contribution in [0.4, 0.5) is 0 Å². The molecule has 1 rings (SSSR count). The lowest BCUT2D eigenvalue weighted by atomic mass is 9.72. The van der Waals surface area contributed by atoms with Crippen LogP contribution in [0.25, 0.3) is 0 Å². The van der Waals surface area contributed by atoms with E-state index in [0.717, 1.165) is 0 Å². The Kier molecular flexibility index (Phi) is 5.70. The van der Waals surface area contributed by atoms with Crippen LogP contribution in [0.2, 0.25) is 0 Å². The molecule has 0 aliphatic heterocycles. The number of ketones is 1. The molecule has 1 fully saturated rings. The first-order chi connectivity index (χ1) is 8.84. The standard InChI is InChI=1S/C13H14O3S3/c1-6(2)3-9(17)10-12(18)7(4-14)11(16)8(5-15)13(10)19/h4-8,10H,3H2,1-2H3. The van der Waals surface area contributed by atoms with Crippen molar-refractivity contribution in [3.63, 3.8) is 0 Å². The maximum atomic E-state index is 11.9. The highest BCUT2D eigenvalue weighted by atomic mass is 32.1. The summed E-state index contributed by atoms with van der Waals surface area (Å²) < 4.78 is 0. The molecule has 2 unspecified atom stereocenters. The number of Topliss-reactive ketones (excluding diaryl/α,β-unsaturated/α-hetero) is 1. The van der Waals surface area contributed by atoms with Crippen molar-refractivity contribution in [1.29, 1.82) is 0 Å². The second kappa shape index (κ2) is 6.63. The van der Waals surface area contributed by atoms with Gasteiger partial charge in [0.15, 0.2) is 5.78 Å². The van der Waals surface area contributed by atoms with Crippen molar-refractivity contribution < 1.29 is 14.4 Å². The average Bonchev–Trinajstić information content (AvgIpc) is 2.28. The molecule has 0 spiro atoms. The van der Waals surface area contributed by atoms with Gasteiger partial charge in [-0.1, -0.05) is 50.5 Å². The lowest BCUT2D eigenvalue weighted by Gasteiger charge is -2.32. The van der Waals surface area contributed by atoms with Gasteiger partial charge >= 0.3 is 0 Å². The highest BCUT2D eigenvalue weighted by molar-refractivity contribution is 7.84. The van der Waals surface area contributed by atoms with Crippen LogP contribution >= 0.6 is 36.7 Å². The maximum absolute atomic E-state index is 11.9. The van der Waals surface area contributed by atoms with E-state index < -0.39 is 23.5 Å². The third kappa shape index (κ3) is 3.24. The molecule has 0 amide bonds. The van der Waals surface area contributed by atoms with Crippen LogP contribution in [-0.2, 0) is 14.4 Å². The Morgan fingerprint density at radius 1 is 1.16 bits per heavy atom. The molecular formula is C13H14O3S3. The third-order valence-electron chi connectivity index (χ3n) is 3.00. The number of carbonyl (C=O) groups is 3. The largest absolute Gasteiger partial charge is 0.302 e. The molecule has 2 atom stereocenters. The molecule has 0 bridgehead atoms. The molecule has 102 valence electrons. The first-order valence-corrected chi connectivity index (χ1v) is 7.12. The topological polar surface area (TPSA) is 51.2 Å². The van der Waals surface area contributed by atoms with Gasteiger partial charge in [0, 0.05) is 14.6 Å². The summed E-state index contributed by atoms with van der Waals surface area (Å²) in [5, 5.41) is 0. The zero-order valence-corrected chi connectivity index (χ0v) is 13.1. The Morgan fingerprint density at radius 2 is 1.58 bits per heavy atom. The van der Waals surface area contributed by atoms with E-state index >= 15 is 0 Å². The number of carbonyl (C=O) groups excluding carboxylic acids is 3. The fraction of sp³-hybridized carbons (Fsp3) is 0.538. The van der Waals surface area contributed by atoms with E-state index in [1.165, 1.54) is 0 Å². The van der Waals surface area contributed by atoms with Gasteiger partial charge in [-0.2, -0.15) is 0 Å². The minimum Gasteiger partial charge on any atom is -0.302 e. The molecule has 0 aromatic carbocycles. The average molecular weight is 314 g/mol. The van der Waals surface area contributed by atoms with Gasteiger partial charge in [-0.3, -0.25) is 4.79 Å². The van der Waals surface area contributed by atoms with Crippen molar-refractivity contribution in [2.75, 3.05) is 0 Å². The molecule has 1 aliphatic carbocycles. The summed E-state index contributed by atoms with van der Waals surface area (Å²) in [6, 6.07) is 0. The molecule has 0 aromatic rings. The van der Waals surface area contributed by atoms with Gasteiger partial charge in [0.1, 0.15) is 24.4 Å². The van der Waals surface area contributed by atoms with Crippen molar-refractivity contribution in [3.8, 4) is 0 Å². The van der Waals surface area contributed by atoms with Crippen LogP contribution in [0.1, 0.15) is 20.3 Å². The summed E-state index contributed by atoms with van der Waals surface area (Å²) >= 11 is 15.7. The fourth-order valence-corrected chi connectivity index (χ4v) is 3.77. The van der Waals surface area contributed by atoms with Crippen LogP contribution in [0.15, 0.2) is 0 Å². The molecule has 3 nitrogen and oxygen atoms in total.